The monoisotopic (exact) mass is 243 g/mol. The molecule has 6 nitrogen and oxygen atoms in total. The molecular formula is C11H21N3O3. The van der Waals surface area contributed by atoms with E-state index in [1.807, 2.05) is 13.8 Å². The molecule has 17 heavy (non-hydrogen) atoms. The van der Waals surface area contributed by atoms with Gasteiger partial charge >= 0.3 is 12.0 Å². The van der Waals surface area contributed by atoms with Gasteiger partial charge in [0.25, 0.3) is 0 Å². The number of carboxylic acids is 1. The van der Waals surface area contributed by atoms with Crippen molar-refractivity contribution in [2.45, 2.75) is 38.8 Å². The molecule has 1 heterocycles. The Kier molecular flexibility index (Phi) is 4.74. The first kappa shape index (κ1) is 13.8. The number of carbonyl (C=O) groups is 2. The van der Waals surface area contributed by atoms with Crippen LogP contribution in [0.5, 0.6) is 0 Å². The van der Waals surface area contributed by atoms with Crippen LogP contribution in [0.4, 0.5) is 4.79 Å². The molecule has 98 valence electrons. The molecule has 1 fully saturated rings. The van der Waals surface area contributed by atoms with E-state index in [1.54, 1.807) is 4.90 Å². The summed E-state index contributed by atoms with van der Waals surface area (Å²) in [5.41, 5.74) is 5.74. The second kappa shape index (κ2) is 5.86. The number of hydrogen-bond donors (Lipinski definition) is 2. The van der Waals surface area contributed by atoms with Crippen LogP contribution in [0.15, 0.2) is 0 Å². The number of rotatable bonds is 4. The predicted octanol–water partition coefficient (Wildman–Crippen LogP) is 0.325. The van der Waals surface area contributed by atoms with Crippen molar-refractivity contribution in [2.24, 2.45) is 5.73 Å². The van der Waals surface area contributed by atoms with Crippen LogP contribution in [0.2, 0.25) is 0 Å². The van der Waals surface area contributed by atoms with Crippen molar-refractivity contribution in [3.05, 3.63) is 0 Å². The Balaban J connectivity index is 2.68. The van der Waals surface area contributed by atoms with Crippen LogP contribution < -0.4 is 5.73 Å². The Morgan fingerprint density at radius 3 is 2.65 bits per heavy atom. The SMILES string of the molecule is CCC(C)N(CC(=O)O)C(=O)N1CCC(N)C1. The van der Waals surface area contributed by atoms with Crippen LogP contribution in [-0.4, -0.2) is 58.6 Å². The summed E-state index contributed by atoms with van der Waals surface area (Å²) in [6, 6.07) is -0.271. The summed E-state index contributed by atoms with van der Waals surface area (Å²) in [4.78, 5) is 26.0. The maximum absolute atomic E-state index is 12.2. The highest BCUT2D eigenvalue weighted by molar-refractivity contribution is 5.80. The molecular weight excluding hydrogens is 222 g/mol. The quantitative estimate of drug-likeness (QED) is 0.744. The third kappa shape index (κ3) is 3.59. The van der Waals surface area contributed by atoms with Gasteiger partial charge in [-0.3, -0.25) is 4.79 Å². The van der Waals surface area contributed by atoms with Crippen LogP contribution in [0.25, 0.3) is 0 Å². The fraction of sp³-hybridized carbons (Fsp3) is 0.818. The molecule has 0 aromatic carbocycles. The van der Waals surface area contributed by atoms with Crippen molar-refractivity contribution in [1.82, 2.24) is 9.80 Å². The number of nitrogens with two attached hydrogens (primary N) is 1. The molecule has 0 bridgehead atoms. The highest BCUT2D eigenvalue weighted by atomic mass is 16.4. The Morgan fingerprint density at radius 1 is 1.59 bits per heavy atom. The third-order valence-corrected chi connectivity index (χ3v) is 3.17. The number of amides is 2. The highest BCUT2D eigenvalue weighted by Gasteiger charge is 2.30. The van der Waals surface area contributed by atoms with Crippen molar-refractivity contribution in [2.75, 3.05) is 19.6 Å². The van der Waals surface area contributed by atoms with Crippen molar-refractivity contribution in [1.29, 1.82) is 0 Å². The molecule has 1 saturated heterocycles. The van der Waals surface area contributed by atoms with E-state index < -0.39 is 5.97 Å². The summed E-state index contributed by atoms with van der Waals surface area (Å²) in [5, 5.41) is 8.83. The summed E-state index contributed by atoms with van der Waals surface area (Å²) >= 11 is 0. The third-order valence-electron chi connectivity index (χ3n) is 3.17. The van der Waals surface area contributed by atoms with Gasteiger partial charge in [-0.15, -0.1) is 0 Å². The zero-order valence-corrected chi connectivity index (χ0v) is 10.4. The lowest BCUT2D eigenvalue weighted by Crippen LogP contribution is -2.49. The molecule has 1 aliphatic heterocycles. The molecule has 0 aromatic heterocycles. The van der Waals surface area contributed by atoms with Crippen LogP contribution in [0.3, 0.4) is 0 Å². The van der Waals surface area contributed by atoms with Gasteiger partial charge in [-0.25, -0.2) is 4.79 Å². The first-order valence-electron chi connectivity index (χ1n) is 5.98. The molecule has 3 N–H and O–H groups in total. The van der Waals surface area contributed by atoms with Gasteiger partial charge in [-0.2, -0.15) is 0 Å². The molecule has 1 aliphatic rings. The molecule has 2 atom stereocenters. The van der Waals surface area contributed by atoms with Crippen molar-refractivity contribution < 1.29 is 14.7 Å². The number of aliphatic carboxylic acids is 1. The number of nitrogens with zero attached hydrogens (tertiary/aromatic N) is 2. The molecule has 0 radical (unpaired) electrons. The normalized spacial score (nSPS) is 21.4. The number of likely N-dealkylation sites (tertiary alicyclic amines) is 1. The first-order valence-corrected chi connectivity index (χ1v) is 5.98. The molecule has 6 heteroatoms. The zero-order valence-electron chi connectivity index (χ0n) is 10.4. The molecule has 2 unspecified atom stereocenters. The number of urea groups is 1. The summed E-state index contributed by atoms with van der Waals surface area (Å²) in [6.07, 6.45) is 1.52. The van der Waals surface area contributed by atoms with Gasteiger partial charge in [0.1, 0.15) is 6.54 Å². The summed E-state index contributed by atoms with van der Waals surface area (Å²) in [7, 11) is 0. The molecule has 0 spiro atoms. The van der Waals surface area contributed by atoms with Crippen LogP contribution >= 0.6 is 0 Å². The van der Waals surface area contributed by atoms with E-state index in [4.69, 9.17) is 10.8 Å². The molecule has 0 saturated carbocycles. The smallest absolute Gasteiger partial charge is 0.323 e. The minimum absolute atomic E-state index is 0.0163. The van der Waals surface area contributed by atoms with Gasteiger partial charge in [-0.1, -0.05) is 6.92 Å². The van der Waals surface area contributed by atoms with Gasteiger partial charge in [0.2, 0.25) is 0 Å². The number of carbonyl (C=O) groups excluding carboxylic acids is 1. The Bertz CT molecular complexity index is 296. The van der Waals surface area contributed by atoms with E-state index in [2.05, 4.69) is 0 Å². The van der Waals surface area contributed by atoms with E-state index >= 15 is 0 Å². The average Bonchev–Trinajstić information content (AvgIpc) is 2.70. The minimum atomic E-state index is -0.984. The number of carboxylic acid groups (broad SMARTS) is 1. The fourth-order valence-corrected chi connectivity index (χ4v) is 1.92. The van der Waals surface area contributed by atoms with Gasteiger partial charge in [0.05, 0.1) is 0 Å². The molecule has 1 rings (SSSR count). The van der Waals surface area contributed by atoms with Gasteiger partial charge in [0.15, 0.2) is 0 Å². The lowest BCUT2D eigenvalue weighted by molar-refractivity contribution is -0.138. The second-order valence-corrected chi connectivity index (χ2v) is 4.56. The fourth-order valence-electron chi connectivity index (χ4n) is 1.92. The van der Waals surface area contributed by atoms with Crippen molar-refractivity contribution in [3.8, 4) is 0 Å². The molecule has 2 amide bonds. The average molecular weight is 243 g/mol. The molecule has 0 aromatic rings. The first-order chi connectivity index (χ1) is 7.95. The van der Waals surface area contributed by atoms with E-state index in [0.29, 0.717) is 13.1 Å². The summed E-state index contributed by atoms with van der Waals surface area (Å²) < 4.78 is 0. The Labute approximate surface area is 101 Å². The summed E-state index contributed by atoms with van der Waals surface area (Å²) in [5.74, 6) is -0.984. The lowest BCUT2D eigenvalue weighted by Gasteiger charge is -2.31. The van der Waals surface area contributed by atoms with Gasteiger partial charge < -0.3 is 20.6 Å². The van der Waals surface area contributed by atoms with Crippen LogP contribution in [0.1, 0.15) is 26.7 Å². The van der Waals surface area contributed by atoms with E-state index in [1.165, 1.54) is 4.90 Å². The standard InChI is InChI=1S/C11H21N3O3/c1-3-8(2)14(7-10(15)16)11(17)13-5-4-9(12)6-13/h8-9H,3-7,12H2,1-2H3,(H,15,16). The van der Waals surface area contributed by atoms with Crippen LogP contribution in [0, 0.1) is 0 Å². The topological polar surface area (TPSA) is 86.9 Å². The lowest BCUT2D eigenvalue weighted by atomic mass is 10.2. The highest BCUT2D eigenvalue weighted by Crippen LogP contribution is 2.13. The zero-order chi connectivity index (χ0) is 13.0. The van der Waals surface area contributed by atoms with Crippen LogP contribution in [-0.2, 0) is 4.79 Å². The Hall–Kier alpha value is -1.30. The maximum atomic E-state index is 12.2. The second-order valence-electron chi connectivity index (χ2n) is 4.56. The largest absolute Gasteiger partial charge is 0.480 e. The predicted molar refractivity (Wildman–Crippen MR) is 63.7 cm³/mol. The van der Waals surface area contributed by atoms with E-state index in [9.17, 15) is 9.59 Å². The Morgan fingerprint density at radius 2 is 2.24 bits per heavy atom. The number of hydrogen-bond acceptors (Lipinski definition) is 3. The van der Waals surface area contributed by atoms with Crippen molar-refractivity contribution >= 4 is 12.0 Å². The molecule has 0 aliphatic carbocycles. The van der Waals surface area contributed by atoms with E-state index in [-0.39, 0.29) is 24.7 Å². The van der Waals surface area contributed by atoms with Gasteiger partial charge in [0, 0.05) is 25.2 Å². The maximum Gasteiger partial charge on any atom is 0.323 e. The van der Waals surface area contributed by atoms with Crippen molar-refractivity contribution in [3.63, 3.8) is 0 Å². The van der Waals surface area contributed by atoms with Gasteiger partial charge in [-0.05, 0) is 19.8 Å². The minimum Gasteiger partial charge on any atom is -0.480 e. The summed E-state index contributed by atoms with van der Waals surface area (Å²) in [6.45, 7) is 4.68. The van der Waals surface area contributed by atoms with E-state index in [0.717, 1.165) is 12.8 Å².